The fraction of sp³-hybridized carbons (Fsp3) is 0.700. The summed E-state index contributed by atoms with van der Waals surface area (Å²) in [6, 6.07) is 0. The lowest BCUT2D eigenvalue weighted by Gasteiger charge is -2.37. The Morgan fingerprint density at radius 1 is 1.71 bits per heavy atom. The minimum absolute atomic E-state index is 0.256. The predicted molar refractivity (Wildman–Crippen MR) is 58.3 cm³/mol. The van der Waals surface area contributed by atoms with Gasteiger partial charge in [-0.15, -0.1) is 0 Å². The summed E-state index contributed by atoms with van der Waals surface area (Å²) in [5, 5.41) is 10.9. The predicted octanol–water partition coefficient (Wildman–Crippen LogP) is 1.52. The Hall–Kier alpha value is -0.480. The van der Waals surface area contributed by atoms with E-state index in [2.05, 4.69) is 11.9 Å². The molecular formula is C10H16N2OS. The van der Waals surface area contributed by atoms with E-state index >= 15 is 0 Å². The first-order valence-electron chi connectivity index (χ1n) is 4.95. The summed E-state index contributed by atoms with van der Waals surface area (Å²) in [5.41, 5.74) is 0.256. The molecule has 1 aliphatic heterocycles. The second-order valence-electron chi connectivity index (χ2n) is 3.93. The molecule has 1 aromatic rings. The second-order valence-corrected chi connectivity index (χ2v) is 5.38. The van der Waals surface area contributed by atoms with Crippen LogP contribution in [0.4, 0.5) is 0 Å². The maximum absolute atomic E-state index is 10.6. The first-order chi connectivity index (χ1) is 6.64. The Kier molecular flexibility index (Phi) is 2.58. The van der Waals surface area contributed by atoms with Crippen molar-refractivity contribution in [1.82, 2.24) is 9.55 Å². The standard InChI is InChI=1S/C10H16N2OS/c1-8-10(13,4-3-5-14-8)9-6-11-7-12(9)2/h6-8,13H,3-5H2,1-2H3. The van der Waals surface area contributed by atoms with Crippen LogP contribution in [-0.2, 0) is 12.6 Å². The van der Waals surface area contributed by atoms with E-state index in [1.165, 1.54) is 0 Å². The number of aryl methyl sites for hydroxylation is 1. The maximum atomic E-state index is 10.6. The highest BCUT2D eigenvalue weighted by Crippen LogP contribution is 2.40. The Labute approximate surface area is 88.5 Å². The third-order valence-corrected chi connectivity index (χ3v) is 4.42. The lowest BCUT2D eigenvalue weighted by molar-refractivity contribution is 0.0184. The highest BCUT2D eigenvalue weighted by molar-refractivity contribution is 8.00. The van der Waals surface area contributed by atoms with E-state index in [0.29, 0.717) is 0 Å². The van der Waals surface area contributed by atoms with Crippen LogP contribution in [0.2, 0.25) is 0 Å². The third-order valence-electron chi connectivity index (χ3n) is 3.00. The molecule has 0 radical (unpaired) electrons. The van der Waals surface area contributed by atoms with Gasteiger partial charge in [0.15, 0.2) is 0 Å². The topological polar surface area (TPSA) is 38.1 Å². The Balaban J connectivity index is 2.34. The number of nitrogens with zero attached hydrogens (tertiary/aromatic N) is 2. The molecule has 14 heavy (non-hydrogen) atoms. The van der Waals surface area contributed by atoms with Crippen LogP contribution in [0.3, 0.4) is 0 Å². The van der Waals surface area contributed by atoms with Crippen molar-refractivity contribution < 1.29 is 5.11 Å². The zero-order valence-electron chi connectivity index (χ0n) is 8.60. The van der Waals surface area contributed by atoms with Crippen molar-refractivity contribution in [2.45, 2.75) is 30.6 Å². The summed E-state index contributed by atoms with van der Waals surface area (Å²) < 4.78 is 1.92. The average Bonchev–Trinajstić information content (AvgIpc) is 2.57. The molecule has 1 N–H and O–H groups in total. The number of aromatic nitrogens is 2. The maximum Gasteiger partial charge on any atom is 0.118 e. The van der Waals surface area contributed by atoms with E-state index < -0.39 is 5.60 Å². The third kappa shape index (κ3) is 1.46. The zero-order valence-corrected chi connectivity index (χ0v) is 9.42. The first-order valence-corrected chi connectivity index (χ1v) is 6.00. The highest BCUT2D eigenvalue weighted by Gasteiger charge is 2.40. The molecule has 78 valence electrons. The Morgan fingerprint density at radius 3 is 3.07 bits per heavy atom. The summed E-state index contributed by atoms with van der Waals surface area (Å²) in [6.07, 6.45) is 5.46. The van der Waals surface area contributed by atoms with E-state index in [9.17, 15) is 5.11 Å². The van der Waals surface area contributed by atoms with Gasteiger partial charge >= 0.3 is 0 Å². The van der Waals surface area contributed by atoms with Gasteiger partial charge in [0.05, 0.1) is 18.2 Å². The molecule has 0 aromatic carbocycles. The van der Waals surface area contributed by atoms with Crippen LogP contribution < -0.4 is 0 Å². The van der Waals surface area contributed by atoms with Crippen LogP contribution in [0.15, 0.2) is 12.5 Å². The molecular weight excluding hydrogens is 196 g/mol. The van der Waals surface area contributed by atoms with Crippen molar-refractivity contribution in [3.8, 4) is 0 Å². The van der Waals surface area contributed by atoms with Gasteiger partial charge in [-0.3, -0.25) is 0 Å². The van der Waals surface area contributed by atoms with E-state index in [0.717, 1.165) is 24.3 Å². The fourth-order valence-corrected chi connectivity index (χ4v) is 3.23. The molecule has 1 fully saturated rings. The number of aliphatic hydroxyl groups is 1. The van der Waals surface area contributed by atoms with Gasteiger partial charge in [-0.2, -0.15) is 11.8 Å². The van der Waals surface area contributed by atoms with Crippen LogP contribution in [0.5, 0.6) is 0 Å². The average molecular weight is 212 g/mol. The van der Waals surface area contributed by atoms with Crippen molar-refractivity contribution in [3.05, 3.63) is 18.2 Å². The molecule has 0 saturated carbocycles. The number of hydrogen-bond acceptors (Lipinski definition) is 3. The molecule has 0 bridgehead atoms. The Morgan fingerprint density at radius 2 is 2.50 bits per heavy atom. The summed E-state index contributed by atoms with van der Waals surface area (Å²) in [6.45, 7) is 2.09. The van der Waals surface area contributed by atoms with E-state index in [4.69, 9.17) is 0 Å². The van der Waals surface area contributed by atoms with Crippen LogP contribution in [0, 0.1) is 0 Å². The minimum Gasteiger partial charge on any atom is -0.382 e. The number of imidazole rings is 1. The molecule has 4 heteroatoms. The molecule has 2 rings (SSSR count). The van der Waals surface area contributed by atoms with Crippen molar-refractivity contribution >= 4 is 11.8 Å². The van der Waals surface area contributed by atoms with Crippen LogP contribution in [0.1, 0.15) is 25.5 Å². The van der Waals surface area contributed by atoms with E-state index in [-0.39, 0.29) is 5.25 Å². The number of rotatable bonds is 1. The smallest absolute Gasteiger partial charge is 0.118 e. The van der Waals surface area contributed by atoms with E-state index in [1.54, 1.807) is 12.5 Å². The van der Waals surface area contributed by atoms with Gasteiger partial charge in [-0.25, -0.2) is 4.98 Å². The molecule has 3 nitrogen and oxygen atoms in total. The van der Waals surface area contributed by atoms with Gasteiger partial charge in [-0.05, 0) is 18.6 Å². The highest BCUT2D eigenvalue weighted by atomic mass is 32.2. The van der Waals surface area contributed by atoms with Crippen molar-refractivity contribution in [2.75, 3.05) is 5.75 Å². The largest absolute Gasteiger partial charge is 0.382 e. The molecule has 0 aliphatic carbocycles. The SMILES string of the molecule is CC1SCCCC1(O)c1cncn1C. The van der Waals surface area contributed by atoms with E-state index in [1.807, 2.05) is 23.4 Å². The summed E-state index contributed by atoms with van der Waals surface area (Å²) >= 11 is 1.84. The monoisotopic (exact) mass is 212 g/mol. The molecule has 2 atom stereocenters. The fourth-order valence-electron chi connectivity index (χ4n) is 2.05. The number of hydrogen-bond donors (Lipinski definition) is 1. The normalized spacial score (nSPS) is 33.2. The Bertz CT molecular complexity index is 326. The van der Waals surface area contributed by atoms with Crippen molar-refractivity contribution in [3.63, 3.8) is 0 Å². The van der Waals surface area contributed by atoms with Crippen LogP contribution in [0.25, 0.3) is 0 Å². The van der Waals surface area contributed by atoms with Crippen LogP contribution >= 0.6 is 11.8 Å². The van der Waals surface area contributed by atoms with Crippen molar-refractivity contribution in [2.24, 2.45) is 7.05 Å². The molecule has 0 amide bonds. The first kappa shape index (κ1) is 10.1. The molecule has 2 heterocycles. The van der Waals surface area contributed by atoms with Gasteiger partial charge in [0.2, 0.25) is 0 Å². The molecule has 2 unspecified atom stereocenters. The summed E-state index contributed by atoms with van der Waals surface area (Å²) in [4.78, 5) is 4.07. The molecule has 0 spiro atoms. The quantitative estimate of drug-likeness (QED) is 0.767. The minimum atomic E-state index is -0.686. The van der Waals surface area contributed by atoms with Crippen LogP contribution in [-0.4, -0.2) is 25.7 Å². The lowest BCUT2D eigenvalue weighted by Crippen LogP contribution is -2.40. The van der Waals surface area contributed by atoms with Gasteiger partial charge in [-0.1, -0.05) is 6.92 Å². The lowest BCUT2D eigenvalue weighted by atomic mass is 9.90. The molecule has 1 aromatic heterocycles. The number of thioether (sulfide) groups is 1. The summed E-state index contributed by atoms with van der Waals surface area (Å²) in [5.74, 6) is 1.15. The van der Waals surface area contributed by atoms with Gasteiger partial charge in [0, 0.05) is 12.3 Å². The van der Waals surface area contributed by atoms with Gasteiger partial charge in [0.25, 0.3) is 0 Å². The molecule has 1 saturated heterocycles. The molecule has 1 aliphatic rings. The zero-order chi connectivity index (χ0) is 10.2. The van der Waals surface area contributed by atoms with Gasteiger partial charge < -0.3 is 9.67 Å². The van der Waals surface area contributed by atoms with Crippen molar-refractivity contribution in [1.29, 1.82) is 0 Å². The second kappa shape index (κ2) is 3.59. The summed E-state index contributed by atoms with van der Waals surface area (Å²) in [7, 11) is 1.94. The van der Waals surface area contributed by atoms with Gasteiger partial charge in [0.1, 0.15) is 5.60 Å².